The topological polar surface area (TPSA) is 47.3 Å². The lowest BCUT2D eigenvalue weighted by molar-refractivity contribution is 0.174. The van der Waals surface area contributed by atoms with Gasteiger partial charge in [0.05, 0.1) is 12.5 Å². The molecule has 2 amide bonds. The van der Waals surface area contributed by atoms with Gasteiger partial charge in [-0.1, -0.05) is 0 Å². The van der Waals surface area contributed by atoms with Gasteiger partial charge >= 0.3 is 6.03 Å². The Kier molecular flexibility index (Phi) is 3.56. The summed E-state index contributed by atoms with van der Waals surface area (Å²) in [5.41, 5.74) is 0. The number of rotatable bonds is 2. The smallest absolute Gasteiger partial charge is 0.319 e. The standard InChI is InChI=1S/C9H15N3O/c1-11(6-4-5-10)9(13)12-7-2-3-8-12/h2-4,6-8H2,1H3. The number of urea groups is 1. The lowest BCUT2D eigenvalue weighted by atomic mass is 10.4. The maximum atomic E-state index is 11.6. The van der Waals surface area contributed by atoms with Crippen LogP contribution in [0.5, 0.6) is 0 Å². The fraction of sp³-hybridized carbons (Fsp3) is 0.778. The second-order valence-electron chi connectivity index (χ2n) is 3.31. The van der Waals surface area contributed by atoms with E-state index in [0.29, 0.717) is 13.0 Å². The molecule has 0 atom stereocenters. The molecule has 1 saturated heterocycles. The van der Waals surface area contributed by atoms with Gasteiger partial charge in [-0.3, -0.25) is 0 Å². The van der Waals surface area contributed by atoms with Crippen molar-refractivity contribution in [2.75, 3.05) is 26.7 Å². The summed E-state index contributed by atoms with van der Waals surface area (Å²) in [7, 11) is 1.75. The van der Waals surface area contributed by atoms with Crippen molar-refractivity contribution in [2.45, 2.75) is 19.3 Å². The molecule has 72 valence electrons. The second kappa shape index (κ2) is 4.70. The molecule has 4 heteroatoms. The van der Waals surface area contributed by atoms with Crippen LogP contribution in [0.2, 0.25) is 0 Å². The number of nitrogens with zero attached hydrogens (tertiary/aromatic N) is 3. The molecule has 1 fully saturated rings. The molecule has 4 nitrogen and oxygen atoms in total. The molecule has 1 aliphatic rings. The fourth-order valence-corrected chi connectivity index (χ4v) is 1.46. The molecule has 0 aromatic carbocycles. The number of likely N-dealkylation sites (tertiary alicyclic amines) is 1. The van der Waals surface area contributed by atoms with Gasteiger partial charge in [-0.05, 0) is 12.8 Å². The fourth-order valence-electron chi connectivity index (χ4n) is 1.46. The normalized spacial score (nSPS) is 15.5. The summed E-state index contributed by atoms with van der Waals surface area (Å²) in [6.07, 6.45) is 2.63. The van der Waals surface area contributed by atoms with Crippen molar-refractivity contribution < 1.29 is 4.79 Å². The third-order valence-electron chi connectivity index (χ3n) is 2.26. The Hall–Kier alpha value is -1.24. The van der Waals surface area contributed by atoms with Gasteiger partial charge in [-0.15, -0.1) is 0 Å². The molecule has 0 aliphatic carbocycles. The maximum absolute atomic E-state index is 11.6. The zero-order valence-corrected chi connectivity index (χ0v) is 7.99. The monoisotopic (exact) mass is 181 g/mol. The third-order valence-corrected chi connectivity index (χ3v) is 2.26. The van der Waals surface area contributed by atoms with E-state index in [1.807, 2.05) is 11.0 Å². The Bertz CT molecular complexity index is 215. The predicted octanol–water partition coefficient (Wildman–Crippen LogP) is 1.05. The quantitative estimate of drug-likeness (QED) is 0.639. The van der Waals surface area contributed by atoms with Gasteiger partial charge in [0.25, 0.3) is 0 Å². The van der Waals surface area contributed by atoms with Crippen LogP contribution in [0.4, 0.5) is 4.79 Å². The minimum atomic E-state index is 0.0627. The molecule has 1 aliphatic heterocycles. The van der Waals surface area contributed by atoms with Crippen LogP contribution in [0.1, 0.15) is 19.3 Å². The van der Waals surface area contributed by atoms with E-state index in [9.17, 15) is 4.79 Å². The number of hydrogen-bond acceptors (Lipinski definition) is 2. The zero-order chi connectivity index (χ0) is 9.68. The lowest BCUT2D eigenvalue weighted by Gasteiger charge is -2.23. The van der Waals surface area contributed by atoms with Crippen LogP contribution in [0.3, 0.4) is 0 Å². The summed E-state index contributed by atoms with van der Waals surface area (Å²) in [6, 6.07) is 2.09. The summed E-state index contributed by atoms with van der Waals surface area (Å²) in [4.78, 5) is 15.1. The highest BCUT2D eigenvalue weighted by Gasteiger charge is 2.20. The molecule has 0 unspecified atom stereocenters. The molecule has 0 spiro atoms. The molecular weight excluding hydrogens is 166 g/mol. The van der Waals surface area contributed by atoms with Crippen molar-refractivity contribution in [3.63, 3.8) is 0 Å². The minimum Gasteiger partial charge on any atom is -0.327 e. The Morgan fingerprint density at radius 1 is 1.54 bits per heavy atom. The number of amides is 2. The van der Waals surface area contributed by atoms with Gasteiger partial charge in [0.15, 0.2) is 0 Å². The number of hydrogen-bond donors (Lipinski definition) is 0. The van der Waals surface area contributed by atoms with E-state index in [1.54, 1.807) is 11.9 Å². The Labute approximate surface area is 78.7 Å². The van der Waals surface area contributed by atoms with Crippen molar-refractivity contribution >= 4 is 6.03 Å². The molecule has 13 heavy (non-hydrogen) atoms. The summed E-state index contributed by atoms with van der Waals surface area (Å²) in [5.74, 6) is 0. The summed E-state index contributed by atoms with van der Waals surface area (Å²) < 4.78 is 0. The SMILES string of the molecule is CN(CCC#N)C(=O)N1CCCC1. The van der Waals surface area contributed by atoms with E-state index in [0.717, 1.165) is 25.9 Å². The van der Waals surface area contributed by atoms with Gasteiger partial charge in [0.2, 0.25) is 0 Å². The molecular formula is C9H15N3O. The summed E-state index contributed by atoms with van der Waals surface area (Å²) >= 11 is 0. The number of carbonyl (C=O) groups excluding carboxylic acids is 1. The predicted molar refractivity (Wildman–Crippen MR) is 49.1 cm³/mol. The van der Waals surface area contributed by atoms with Crippen LogP contribution in [-0.4, -0.2) is 42.5 Å². The average Bonchev–Trinajstić information content (AvgIpc) is 2.65. The zero-order valence-electron chi connectivity index (χ0n) is 7.99. The van der Waals surface area contributed by atoms with E-state index in [1.165, 1.54) is 0 Å². The minimum absolute atomic E-state index is 0.0627. The van der Waals surface area contributed by atoms with Crippen LogP contribution < -0.4 is 0 Å². The van der Waals surface area contributed by atoms with Gasteiger partial charge in [0.1, 0.15) is 0 Å². The van der Waals surface area contributed by atoms with E-state index >= 15 is 0 Å². The van der Waals surface area contributed by atoms with Gasteiger partial charge in [-0.2, -0.15) is 5.26 Å². The van der Waals surface area contributed by atoms with Gasteiger partial charge < -0.3 is 9.80 Å². The van der Waals surface area contributed by atoms with Crippen molar-refractivity contribution in [1.82, 2.24) is 9.80 Å². The average molecular weight is 181 g/mol. The van der Waals surface area contributed by atoms with E-state index in [-0.39, 0.29) is 6.03 Å². The van der Waals surface area contributed by atoms with Gasteiger partial charge in [0, 0.05) is 26.7 Å². The van der Waals surface area contributed by atoms with Crippen molar-refractivity contribution in [3.05, 3.63) is 0 Å². The molecule has 1 rings (SSSR count). The first-order valence-corrected chi connectivity index (χ1v) is 4.62. The Balaban J connectivity index is 2.33. The van der Waals surface area contributed by atoms with Crippen LogP contribution in [-0.2, 0) is 0 Å². The third kappa shape index (κ3) is 2.62. The van der Waals surface area contributed by atoms with E-state index in [2.05, 4.69) is 0 Å². The Morgan fingerprint density at radius 2 is 2.15 bits per heavy atom. The number of nitriles is 1. The molecule has 0 aromatic heterocycles. The van der Waals surface area contributed by atoms with Crippen LogP contribution in [0.25, 0.3) is 0 Å². The summed E-state index contributed by atoms with van der Waals surface area (Å²) in [5, 5.41) is 8.36. The largest absolute Gasteiger partial charge is 0.327 e. The highest BCUT2D eigenvalue weighted by atomic mass is 16.2. The summed E-state index contributed by atoms with van der Waals surface area (Å²) in [6.45, 7) is 2.28. The van der Waals surface area contributed by atoms with Crippen molar-refractivity contribution in [2.24, 2.45) is 0 Å². The number of carbonyl (C=O) groups is 1. The molecule has 0 radical (unpaired) electrons. The Morgan fingerprint density at radius 3 is 2.69 bits per heavy atom. The van der Waals surface area contributed by atoms with E-state index in [4.69, 9.17) is 5.26 Å². The van der Waals surface area contributed by atoms with E-state index < -0.39 is 0 Å². The van der Waals surface area contributed by atoms with Gasteiger partial charge in [-0.25, -0.2) is 4.79 Å². The lowest BCUT2D eigenvalue weighted by Crippen LogP contribution is -2.39. The molecule has 0 aromatic rings. The molecule has 0 bridgehead atoms. The second-order valence-corrected chi connectivity index (χ2v) is 3.31. The molecule has 0 saturated carbocycles. The van der Waals surface area contributed by atoms with Crippen molar-refractivity contribution in [1.29, 1.82) is 5.26 Å². The highest BCUT2D eigenvalue weighted by molar-refractivity contribution is 5.74. The first-order chi connectivity index (χ1) is 6.25. The maximum Gasteiger partial charge on any atom is 0.319 e. The van der Waals surface area contributed by atoms with Crippen LogP contribution >= 0.6 is 0 Å². The van der Waals surface area contributed by atoms with Crippen LogP contribution in [0.15, 0.2) is 0 Å². The first-order valence-electron chi connectivity index (χ1n) is 4.62. The first kappa shape index (κ1) is 9.85. The molecule has 1 heterocycles. The highest BCUT2D eigenvalue weighted by Crippen LogP contribution is 2.09. The van der Waals surface area contributed by atoms with Crippen molar-refractivity contribution in [3.8, 4) is 6.07 Å². The van der Waals surface area contributed by atoms with Crippen LogP contribution in [0, 0.1) is 11.3 Å². The molecule has 0 N–H and O–H groups in total.